The second kappa shape index (κ2) is 9.53. The maximum atomic E-state index is 13.4. The maximum absolute atomic E-state index is 13.4. The van der Waals surface area contributed by atoms with Crippen LogP contribution in [0.2, 0.25) is 5.02 Å². The van der Waals surface area contributed by atoms with Crippen molar-refractivity contribution >= 4 is 23.4 Å². The van der Waals surface area contributed by atoms with E-state index in [4.69, 9.17) is 16.3 Å². The van der Waals surface area contributed by atoms with Crippen molar-refractivity contribution in [2.75, 3.05) is 32.8 Å². The number of hydrogen-bond acceptors (Lipinski definition) is 7. The maximum Gasteiger partial charge on any atom is 0.197 e. The molecule has 3 heterocycles. The lowest BCUT2D eigenvalue weighted by molar-refractivity contribution is 0.0361. The summed E-state index contributed by atoms with van der Waals surface area (Å²) in [4.78, 5) is 6.60. The average Bonchev–Trinajstić information content (AvgIpc) is 3.17. The molecular weight excluding hydrogens is 427 g/mol. The van der Waals surface area contributed by atoms with Gasteiger partial charge in [0.1, 0.15) is 16.9 Å². The third-order valence-electron chi connectivity index (χ3n) is 4.69. The molecule has 0 N–H and O–H groups in total. The Labute approximate surface area is 182 Å². The van der Waals surface area contributed by atoms with Gasteiger partial charge in [-0.15, -0.1) is 10.2 Å². The normalized spacial score (nSPS) is 14.6. The fraction of sp³-hybridized carbons (Fsp3) is 0.300. The van der Waals surface area contributed by atoms with Crippen molar-refractivity contribution in [3.05, 3.63) is 52.9 Å². The van der Waals surface area contributed by atoms with Crippen molar-refractivity contribution in [2.45, 2.75) is 16.7 Å². The summed E-state index contributed by atoms with van der Waals surface area (Å²) in [6, 6.07) is 11.6. The highest BCUT2D eigenvalue weighted by Gasteiger charge is 2.18. The van der Waals surface area contributed by atoms with E-state index in [-0.39, 0.29) is 11.5 Å². The number of nitriles is 1. The van der Waals surface area contributed by atoms with Crippen molar-refractivity contribution < 1.29 is 9.13 Å². The Balaban J connectivity index is 1.63. The molecule has 154 valence electrons. The standard InChI is InChI=1S/C20H18ClFN6OS/c21-16-5-6-18(24-17(16)13-23)30-20-26-25-19(14-1-3-15(22)4-2-14)28(20)8-7-27-9-11-29-12-10-27/h1-6H,7-12H2. The number of rotatable bonds is 6. The Kier molecular flexibility index (Phi) is 6.59. The van der Waals surface area contributed by atoms with Gasteiger partial charge in [-0.3, -0.25) is 4.90 Å². The molecule has 0 bridgehead atoms. The summed E-state index contributed by atoms with van der Waals surface area (Å²) in [7, 11) is 0. The third-order valence-corrected chi connectivity index (χ3v) is 5.91. The lowest BCUT2D eigenvalue weighted by Crippen LogP contribution is -2.38. The number of ether oxygens (including phenoxy) is 1. The largest absolute Gasteiger partial charge is 0.379 e. The number of benzene rings is 1. The van der Waals surface area contributed by atoms with E-state index in [1.807, 2.05) is 10.6 Å². The van der Waals surface area contributed by atoms with Crippen LogP contribution in [0.25, 0.3) is 11.4 Å². The molecular formula is C20H18ClFN6OS. The molecule has 0 amide bonds. The Morgan fingerprint density at radius 2 is 1.87 bits per heavy atom. The van der Waals surface area contributed by atoms with Crippen LogP contribution in [0.1, 0.15) is 5.69 Å². The molecule has 1 aliphatic rings. The highest BCUT2D eigenvalue weighted by molar-refractivity contribution is 7.99. The molecule has 10 heteroatoms. The van der Waals surface area contributed by atoms with Crippen LogP contribution in [-0.4, -0.2) is 57.5 Å². The number of hydrogen-bond donors (Lipinski definition) is 0. The fourth-order valence-electron chi connectivity index (χ4n) is 3.10. The van der Waals surface area contributed by atoms with E-state index in [1.165, 1.54) is 23.9 Å². The van der Waals surface area contributed by atoms with Crippen LogP contribution in [0.3, 0.4) is 0 Å². The van der Waals surface area contributed by atoms with Crippen LogP contribution in [0.15, 0.2) is 46.6 Å². The number of nitrogens with zero attached hydrogens (tertiary/aromatic N) is 6. The third kappa shape index (κ3) is 4.79. The van der Waals surface area contributed by atoms with Crippen LogP contribution in [0.5, 0.6) is 0 Å². The van der Waals surface area contributed by atoms with Gasteiger partial charge < -0.3 is 9.30 Å². The Morgan fingerprint density at radius 1 is 1.10 bits per heavy atom. The van der Waals surface area contributed by atoms with Gasteiger partial charge in [-0.25, -0.2) is 9.37 Å². The quantitative estimate of drug-likeness (QED) is 0.575. The van der Waals surface area contributed by atoms with E-state index in [1.54, 1.807) is 24.3 Å². The van der Waals surface area contributed by atoms with E-state index in [0.717, 1.165) is 38.4 Å². The molecule has 1 aromatic carbocycles. The molecule has 30 heavy (non-hydrogen) atoms. The molecule has 4 rings (SSSR count). The zero-order chi connectivity index (χ0) is 20.9. The zero-order valence-electron chi connectivity index (χ0n) is 16.0. The summed E-state index contributed by atoms with van der Waals surface area (Å²) >= 11 is 7.30. The van der Waals surface area contributed by atoms with Gasteiger partial charge in [0.05, 0.1) is 18.2 Å². The first kappa shape index (κ1) is 20.8. The highest BCUT2D eigenvalue weighted by atomic mass is 35.5. The summed E-state index contributed by atoms with van der Waals surface area (Å²) < 4.78 is 20.8. The molecule has 1 fully saturated rings. The summed E-state index contributed by atoms with van der Waals surface area (Å²) in [6.45, 7) is 4.66. The van der Waals surface area contributed by atoms with Gasteiger partial charge in [-0.05, 0) is 48.2 Å². The number of aromatic nitrogens is 4. The summed E-state index contributed by atoms with van der Waals surface area (Å²) in [5, 5.41) is 19.4. The van der Waals surface area contributed by atoms with Crippen LogP contribution in [0, 0.1) is 17.1 Å². The Hall–Kier alpha value is -2.51. The highest BCUT2D eigenvalue weighted by Crippen LogP contribution is 2.30. The van der Waals surface area contributed by atoms with Crippen molar-refractivity contribution in [1.82, 2.24) is 24.6 Å². The molecule has 0 unspecified atom stereocenters. The molecule has 7 nitrogen and oxygen atoms in total. The minimum atomic E-state index is -0.304. The van der Waals surface area contributed by atoms with Crippen molar-refractivity contribution in [1.29, 1.82) is 5.26 Å². The predicted octanol–water partition coefficient (Wildman–Crippen LogP) is 3.49. The first-order chi connectivity index (χ1) is 14.6. The van der Waals surface area contributed by atoms with E-state index >= 15 is 0 Å². The molecule has 0 spiro atoms. The minimum absolute atomic E-state index is 0.166. The first-order valence-electron chi connectivity index (χ1n) is 9.38. The van der Waals surface area contributed by atoms with Crippen molar-refractivity contribution in [3.63, 3.8) is 0 Å². The lowest BCUT2D eigenvalue weighted by Gasteiger charge is -2.27. The van der Waals surface area contributed by atoms with Crippen LogP contribution in [0.4, 0.5) is 4.39 Å². The fourth-order valence-corrected chi connectivity index (χ4v) is 4.07. The van der Waals surface area contributed by atoms with E-state index < -0.39 is 0 Å². The smallest absolute Gasteiger partial charge is 0.197 e. The Bertz CT molecular complexity index is 1060. The number of pyridine rings is 1. The van der Waals surface area contributed by atoms with Crippen LogP contribution in [-0.2, 0) is 11.3 Å². The van der Waals surface area contributed by atoms with Crippen LogP contribution >= 0.6 is 23.4 Å². The monoisotopic (exact) mass is 444 g/mol. The van der Waals surface area contributed by atoms with Crippen molar-refractivity contribution in [3.8, 4) is 17.5 Å². The van der Waals surface area contributed by atoms with E-state index in [2.05, 4.69) is 20.1 Å². The van der Waals surface area contributed by atoms with Gasteiger partial charge in [0, 0.05) is 31.7 Å². The predicted molar refractivity (Wildman–Crippen MR) is 111 cm³/mol. The first-order valence-corrected chi connectivity index (χ1v) is 10.6. The molecule has 0 saturated carbocycles. The number of morpholine rings is 1. The summed E-state index contributed by atoms with van der Waals surface area (Å²) in [5.41, 5.74) is 0.944. The second-order valence-electron chi connectivity index (χ2n) is 6.61. The molecule has 0 radical (unpaired) electrons. The Morgan fingerprint density at radius 3 is 2.60 bits per heavy atom. The molecule has 0 aliphatic carbocycles. The van der Waals surface area contributed by atoms with E-state index in [0.29, 0.717) is 27.6 Å². The minimum Gasteiger partial charge on any atom is -0.379 e. The molecule has 3 aromatic rings. The van der Waals surface area contributed by atoms with Crippen molar-refractivity contribution in [2.24, 2.45) is 0 Å². The second-order valence-corrected chi connectivity index (χ2v) is 8.01. The number of halogens is 2. The SMILES string of the molecule is N#Cc1nc(Sc2nnc(-c3ccc(F)cc3)n2CCN2CCOCC2)ccc1Cl. The molecule has 0 atom stereocenters. The lowest BCUT2D eigenvalue weighted by atomic mass is 10.2. The average molecular weight is 445 g/mol. The summed E-state index contributed by atoms with van der Waals surface area (Å²) in [6.07, 6.45) is 0. The van der Waals surface area contributed by atoms with Gasteiger partial charge in [-0.1, -0.05) is 11.6 Å². The van der Waals surface area contributed by atoms with Gasteiger partial charge in [0.15, 0.2) is 16.7 Å². The summed E-state index contributed by atoms with van der Waals surface area (Å²) in [5.74, 6) is 0.349. The zero-order valence-corrected chi connectivity index (χ0v) is 17.5. The van der Waals surface area contributed by atoms with Gasteiger partial charge in [-0.2, -0.15) is 5.26 Å². The topological polar surface area (TPSA) is 79.9 Å². The van der Waals surface area contributed by atoms with Gasteiger partial charge in [0.25, 0.3) is 0 Å². The molecule has 1 saturated heterocycles. The molecule has 2 aromatic heterocycles. The van der Waals surface area contributed by atoms with Gasteiger partial charge >= 0.3 is 0 Å². The van der Waals surface area contributed by atoms with E-state index in [9.17, 15) is 9.65 Å². The van der Waals surface area contributed by atoms with Crippen LogP contribution < -0.4 is 0 Å². The van der Waals surface area contributed by atoms with Gasteiger partial charge in [0.2, 0.25) is 0 Å². The molecule has 1 aliphatic heterocycles.